The number of rotatable bonds is 4. The molecule has 4 nitrogen and oxygen atoms in total. The van der Waals surface area contributed by atoms with Gasteiger partial charge in [-0.25, -0.2) is 0 Å². The number of nitrogens with one attached hydrogen (secondary N) is 1. The molecule has 0 aromatic carbocycles. The summed E-state index contributed by atoms with van der Waals surface area (Å²) < 4.78 is 0.490. The van der Waals surface area contributed by atoms with Gasteiger partial charge in [-0.05, 0) is 13.8 Å². The second-order valence-electron chi connectivity index (χ2n) is 1.62. The molecule has 0 aromatic rings. The van der Waals surface area contributed by atoms with Gasteiger partial charge in [0, 0.05) is 0 Å². The minimum atomic E-state index is 0. The van der Waals surface area contributed by atoms with E-state index in [1.807, 2.05) is 13.8 Å². The second-order valence-corrected chi connectivity index (χ2v) is 3.81. The molecule has 0 saturated carbocycles. The van der Waals surface area contributed by atoms with Gasteiger partial charge in [-0.3, -0.25) is 10.3 Å². The molecule has 0 bridgehead atoms. The summed E-state index contributed by atoms with van der Waals surface area (Å²) in [5.74, 6) is 0. The molecule has 0 aliphatic rings. The van der Waals surface area contributed by atoms with Crippen LogP contribution in [-0.4, -0.2) is 21.9 Å². The Labute approximate surface area is 132 Å². The average molecular weight is 385 g/mol. The molecule has 15 heavy (non-hydrogen) atoms. The zero-order valence-corrected chi connectivity index (χ0v) is 15.9. The van der Waals surface area contributed by atoms with Crippen molar-refractivity contribution in [2.45, 2.75) is 13.8 Å². The van der Waals surface area contributed by atoms with Gasteiger partial charge in [0.05, 0.1) is 6.61 Å². The van der Waals surface area contributed by atoms with E-state index >= 15 is 0 Å². The van der Waals surface area contributed by atoms with Crippen molar-refractivity contribution in [1.82, 2.24) is 5.48 Å². The van der Waals surface area contributed by atoms with E-state index in [-0.39, 0.29) is 31.7 Å². The zero-order valence-electron chi connectivity index (χ0n) is 8.56. The number of thiocarbonyl (C=S) groups is 1. The fraction of sp³-hybridized carbons (Fsp3) is 0.667. The van der Waals surface area contributed by atoms with Crippen LogP contribution >= 0.6 is 24.8 Å². The molecule has 0 aliphatic heterocycles. The summed E-state index contributed by atoms with van der Waals surface area (Å²) in [6.45, 7) is 4.80. The quantitative estimate of drug-likeness (QED) is 0.144. The summed E-state index contributed by atoms with van der Waals surface area (Å²) >= 11 is 17.0. The van der Waals surface area contributed by atoms with Crippen LogP contribution in [0, 0.1) is 0 Å². The molecule has 9 heteroatoms. The normalized spacial score (nSPS) is 7.40. The fourth-order valence-corrected chi connectivity index (χ4v) is 0.480. The van der Waals surface area contributed by atoms with Gasteiger partial charge in [-0.1, -0.05) is 12.2 Å². The van der Waals surface area contributed by atoms with Crippen LogP contribution in [0.25, 0.3) is 0 Å². The molecule has 0 radical (unpaired) electrons. The van der Waals surface area contributed by atoms with Gasteiger partial charge < -0.3 is 30.1 Å². The van der Waals surface area contributed by atoms with Crippen LogP contribution in [0.15, 0.2) is 5.16 Å². The maximum Gasteiger partial charge on any atom is 2.00 e. The molecular weight excluding hydrogens is 373 g/mol. The SMILES string of the molecule is CCON=C([S-])[S-].CCONC(=S)S.[Cd+2]. The number of thiol groups is 1. The van der Waals surface area contributed by atoms with Crippen molar-refractivity contribution in [3.05, 3.63) is 0 Å². The van der Waals surface area contributed by atoms with E-state index in [9.17, 15) is 0 Å². The van der Waals surface area contributed by atoms with Crippen molar-refractivity contribution in [1.29, 1.82) is 0 Å². The standard InChI is InChI=1S/2C3H7NOS2.Cd/c2*1-2-5-4-3(6)7;/h2*2H2,1H3,(H2,4,6,7);/q;;+2/p-2. The molecule has 0 atom stereocenters. The molecule has 84 valence electrons. The van der Waals surface area contributed by atoms with E-state index in [1.165, 1.54) is 0 Å². The third-order valence-electron chi connectivity index (χ3n) is 0.572. The molecule has 0 rings (SSSR count). The Hall–Kier alpha value is 1.03. The third kappa shape index (κ3) is 31.3. The maximum absolute atomic E-state index is 4.63. The predicted molar refractivity (Wildman–Crippen MR) is 70.1 cm³/mol. The van der Waals surface area contributed by atoms with Crippen LogP contribution in [-0.2, 0) is 62.2 Å². The molecule has 1 N–H and O–H groups in total. The van der Waals surface area contributed by atoms with Crippen molar-refractivity contribution >= 4 is 58.8 Å². The molecule has 0 spiro atoms. The summed E-state index contributed by atoms with van der Waals surface area (Å²) in [5, 5.41) is 3.29. The van der Waals surface area contributed by atoms with E-state index in [0.29, 0.717) is 17.5 Å². The summed E-state index contributed by atoms with van der Waals surface area (Å²) in [6.07, 6.45) is 0. The summed E-state index contributed by atoms with van der Waals surface area (Å²) in [7, 11) is 0. The number of hydrogen-bond acceptors (Lipinski definition) is 6. The van der Waals surface area contributed by atoms with E-state index in [2.05, 4.69) is 70.4 Å². The Bertz CT molecular complexity index is 179. The minimum Gasteiger partial charge on any atom is -0.785 e. The zero-order chi connectivity index (χ0) is 11.4. The van der Waals surface area contributed by atoms with Crippen molar-refractivity contribution in [2.24, 2.45) is 5.16 Å². The van der Waals surface area contributed by atoms with Gasteiger partial charge in [0.25, 0.3) is 0 Å². The van der Waals surface area contributed by atoms with Gasteiger partial charge in [0.2, 0.25) is 0 Å². The van der Waals surface area contributed by atoms with Crippen molar-refractivity contribution in [2.75, 3.05) is 13.2 Å². The molecule has 0 unspecified atom stereocenters. The van der Waals surface area contributed by atoms with Crippen molar-refractivity contribution < 1.29 is 37.0 Å². The molecule has 0 saturated heterocycles. The molecule has 0 heterocycles. The molecule has 0 amide bonds. The Kier molecular flexibility index (Phi) is 24.8. The van der Waals surface area contributed by atoms with Crippen LogP contribution in [0.3, 0.4) is 0 Å². The summed E-state index contributed by atoms with van der Waals surface area (Å²) in [4.78, 5) is 9.10. The first-order valence-electron chi connectivity index (χ1n) is 3.69. The molecule has 0 aromatic heterocycles. The van der Waals surface area contributed by atoms with Crippen molar-refractivity contribution in [3.8, 4) is 0 Å². The average Bonchev–Trinajstić information content (AvgIpc) is 2.12. The van der Waals surface area contributed by atoms with E-state index < -0.39 is 0 Å². The Morgan fingerprint density at radius 3 is 2.07 bits per heavy atom. The largest absolute Gasteiger partial charge is 2.00 e. The van der Waals surface area contributed by atoms with E-state index in [4.69, 9.17) is 0 Å². The maximum atomic E-state index is 4.63. The topological polar surface area (TPSA) is 42.9 Å². The Balaban J connectivity index is -0.000000180. The van der Waals surface area contributed by atoms with Crippen molar-refractivity contribution in [3.63, 3.8) is 0 Å². The van der Waals surface area contributed by atoms with Gasteiger partial charge >= 0.3 is 27.3 Å². The van der Waals surface area contributed by atoms with E-state index in [0.717, 1.165) is 0 Å². The Morgan fingerprint density at radius 2 is 1.93 bits per heavy atom. The van der Waals surface area contributed by atoms with Crippen LogP contribution < -0.4 is 5.48 Å². The van der Waals surface area contributed by atoms with Crippen LogP contribution in [0.4, 0.5) is 0 Å². The smallest absolute Gasteiger partial charge is 0.785 e. The van der Waals surface area contributed by atoms with E-state index in [1.54, 1.807) is 0 Å². The van der Waals surface area contributed by atoms with Crippen LogP contribution in [0.2, 0.25) is 0 Å². The minimum absolute atomic E-state index is 0. The van der Waals surface area contributed by atoms with Gasteiger partial charge in [0.1, 0.15) is 6.61 Å². The Morgan fingerprint density at radius 1 is 1.40 bits per heavy atom. The van der Waals surface area contributed by atoms with Crippen LogP contribution in [0.1, 0.15) is 13.8 Å². The number of hydrogen-bond donors (Lipinski definition) is 2. The third-order valence-corrected chi connectivity index (χ3v) is 0.896. The van der Waals surface area contributed by atoms with Gasteiger partial charge in [0.15, 0.2) is 4.32 Å². The second kappa shape index (κ2) is 17.4. The molecular formula is C6H12CdN2O2S4. The fourth-order valence-electron chi connectivity index (χ4n) is 0.251. The summed E-state index contributed by atoms with van der Waals surface area (Å²) in [5.41, 5.74) is 2.39. The summed E-state index contributed by atoms with van der Waals surface area (Å²) in [6, 6.07) is 0. The first-order chi connectivity index (χ1) is 6.54. The molecule has 0 aliphatic carbocycles. The van der Waals surface area contributed by atoms with Gasteiger partial charge in [-0.15, -0.1) is 17.8 Å². The molecule has 0 fully saturated rings. The van der Waals surface area contributed by atoms with Gasteiger partial charge in [-0.2, -0.15) is 4.38 Å². The predicted octanol–water partition coefficient (Wildman–Crippen LogP) is 1.13. The number of hydroxylamine groups is 1. The number of oxime groups is 1. The van der Waals surface area contributed by atoms with Crippen LogP contribution in [0.5, 0.6) is 0 Å². The first kappa shape index (κ1) is 21.3. The monoisotopic (exact) mass is 386 g/mol. The first-order valence-corrected chi connectivity index (χ1v) is 5.36. The number of nitrogens with zero attached hydrogens (tertiary/aromatic N) is 1.